The molecular weight excluding hydrogens is 422 g/mol. The highest BCUT2D eigenvalue weighted by Gasteiger charge is 2.16. The van der Waals surface area contributed by atoms with Crippen molar-refractivity contribution in [3.63, 3.8) is 0 Å². The van der Waals surface area contributed by atoms with E-state index < -0.39 is 11.7 Å². The first-order valence-corrected chi connectivity index (χ1v) is 10.6. The lowest BCUT2D eigenvalue weighted by atomic mass is 10.2. The summed E-state index contributed by atoms with van der Waals surface area (Å²) in [4.78, 5) is 28.1. The maximum absolute atomic E-state index is 11.9. The maximum atomic E-state index is 11.9. The number of benzene rings is 2. The second-order valence-corrected chi connectivity index (χ2v) is 8.38. The molecule has 0 saturated carbocycles. The normalized spacial score (nSPS) is 11.1. The third kappa shape index (κ3) is 6.58. The minimum atomic E-state index is -0.541. The largest absolute Gasteiger partial charge is 0.497 e. The van der Waals surface area contributed by atoms with E-state index in [-0.39, 0.29) is 5.78 Å². The van der Waals surface area contributed by atoms with Gasteiger partial charge >= 0.3 is 6.09 Å². The second-order valence-electron chi connectivity index (χ2n) is 8.38. The van der Waals surface area contributed by atoms with Gasteiger partial charge in [-0.2, -0.15) is 0 Å². The number of imidazole rings is 1. The van der Waals surface area contributed by atoms with Gasteiger partial charge in [0.15, 0.2) is 5.78 Å². The first-order valence-electron chi connectivity index (χ1n) is 10.6. The van der Waals surface area contributed by atoms with Gasteiger partial charge in [0.25, 0.3) is 0 Å². The summed E-state index contributed by atoms with van der Waals surface area (Å²) in [6.07, 6.45) is 1.25. The van der Waals surface area contributed by atoms with E-state index in [1.165, 1.54) is 6.92 Å². The van der Waals surface area contributed by atoms with Crippen LogP contribution in [0.3, 0.4) is 0 Å². The van der Waals surface area contributed by atoms with Crippen LogP contribution in [-0.2, 0) is 4.74 Å². The first-order chi connectivity index (χ1) is 15.7. The fourth-order valence-corrected chi connectivity index (χ4v) is 3.03. The van der Waals surface area contributed by atoms with E-state index in [4.69, 9.17) is 14.2 Å². The van der Waals surface area contributed by atoms with E-state index in [9.17, 15) is 9.59 Å². The van der Waals surface area contributed by atoms with Crippen molar-refractivity contribution in [3.05, 3.63) is 60.4 Å². The quantitative estimate of drug-likeness (QED) is 0.396. The third-order valence-electron chi connectivity index (χ3n) is 4.57. The molecule has 0 saturated heterocycles. The minimum absolute atomic E-state index is 0.110. The Morgan fingerprint density at radius 3 is 2.21 bits per heavy atom. The van der Waals surface area contributed by atoms with Gasteiger partial charge in [0.1, 0.15) is 35.2 Å². The zero-order chi connectivity index (χ0) is 24.0. The van der Waals surface area contributed by atoms with Gasteiger partial charge < -0.3 is 19.5 Å². The molecule has 2 aromatic carbocycles. The molecule has 0 aliphatic heterocycles. The fourth-order valence-electron chi connectivity index (χ4n) is 3.03. The summed E-state index contributed by atoms with van der Waals surface area (Å²) in [6, 6.07) is 14.9. The number of Topliss-reactive ketones (excluding diaryl/α,β-unsaturated/α-hetero) is 1. The number of carbonyl (C=O) groups is 2. The Hall–Kier alpha value is -3.81. The van der Waals surface area contributed by atoms with Gasteiger partial charge in [0, 0.05) is 24.4 Å². The lowest BCUT2D eigenvalue weighted by Gasteiger charge is -2.19. The van der Waals surface area contributed by atoms with Crippen molar-refractivity contribution in [3.8, 4) is 28.6 Å². The molecule has 174 valence electrons. The molecule has 1 aromatic heterocycles. The van der Waals surface area contributed by atoms with E-state index >= 15 is 0 Å². The van der Waals surface area contributed by atoms with E-state index in [0.29, 0.717) is 30.4 Å². The summed E-state index contributed by atoms with van der Waals surface area (Å²) in [7, 11) is 1.61. The van der Waals surface area contributed by atoms with Gasteiger partial charge in [-0.3, -0.25) is 9.36 Å². The summed E-state index contributed by atoms with van der Waals surface area (Å²) in [6.45, 7) is 7.54. The molecule has 0 atom stereocenters. The van der Waals surface area contributed by atoms with Crippen molar-refractivity contribution >= 4 is 11.9 Å². The number of hydrogen-bond acceptors (Lipinski definition) is 6. The SMILES string of the molecule is COc1ccc(-c2nc(C(C)=O)cn2-c2ccc(OCCNC(=O)OC(C)(C)C)cc2)cc1. The molecule has 3 rings (SSSR count). The standard InChI is InChI=1S/C25H29N3O5/c1-17(29)22-16-28(23(27-22)18-6-10-20(31-5)11-7-18)19-8-12-21(13-9-19)32-15-14-26-24(30)33-25(2,3)4/h6-13,16H,14-15H2,1-5H3,(H,26,30). The molecular formula is C25H29N3O5. The highest BCUT2D eigenvalue weighted by molar-refractivity contribution is 5.92. The maximum Gasteiger partial charge on any atom is 0.407 e. The Balaban J connectivity index is 1.69. The van der Waals surface area contributed by atoms with Gasteiger partial charge in [-0.15, -0.1) is 0 Å². The zero-order valence-electron chi connectivity index (χ0n) is 19.5. The van der Waals surface area contributed by atoms with E-state index in [1.54, 1.807) is 13.3 Å². The number of carbonyl (C=O) groups excluding carboxylic acids is 2. The van der Waals surface area contributed by atoms with Gasteiger partial charge in [-0.1, -0.05) is 0 Å². The Morgan fingerprint density at radius 2 is 1.64 bits per heavy atom. The minimum Gasteiger partial charge on any atom is -0.497 e. The van der Waals surface area contributed by atoms with Crippen LogP contribution in [0, 0.1) is 0 Å². The summed E-state index contributed by atoms with van der Waals surface area (Å²) in [5.41, 5.74) is 1.53. The Labute approximate surface area is 193 Å². The fraction of sp³-hybridized carbons (Fsp3) is 0.320. The average Bonchev–Trinajstić information content (AvgIpc) is 3.22. The molecule has 0 aliphatic rings. The van der Waals surface area contributed by atoms with Crippen molar-refractivity contribution in [2.24, 2.45) is 0 Å². The van der Waals surface area contributed by atoms with E-state index in [2.05, 4.69) is 10.3 Å². The first kappa shape index (κ1) is 23.8. The molecule has 0 bridgehead atoms. The molecule has 1 heterocycles. The number of amides is 1. The predicted octanol–water partition coefficient (Wildman–Crippen LogP) is 4.65. The number of hydrogen-bond donors (Lipinski definition) is 1. The highest BCUT2D eigenvalue weighted by atomic mass is 16.6. The van der Waals surface area contributed by atoms with Crippen LogP contribution in [0.5, 0.6) is 11.5 Å². The summed E-state index contributed by atoms with van der Waals surface area (Å²) in [5.74, 6) is 1.94. The number of nitrogens with one attached hydrogen (secondary N) is 1. The van der Waals surface area contributed by atoms with Crippen molar-refractivity contribution in [2.75, 3.05) is 20.3 Å². The summed E-state index contributed by atoms with van der Waals surface area (Å²) in [5, 5.41) is 2.65. The predicted molar refractivity (Wildman–Crippen MR) is 125 cm³/mol. The summed E-state index contributed by atoms with van der Waals surface area (Å²) >= 11 is 0. The highest BCUT2D eigenvalue weighted by Crippen LogP contribution is 2.26. The van der Waals surface area contributed by atoms with Crippen LogP contribution in [0.15, 0.2) is 54.7 Å². The molecule has 3 aromatic rings. The number of aromatic nitrogens is 2. The average molecular weight is 452 g/mol. The molecule has 8 heteroatoms. The monoisotopic (exact) mass is 451 g/mol. The van der Waals surface area contributed by atoms with Crippen LogP contribution in [0.2, 0.25) is 0 Å². The third-order valence-corrected chi connectivity index (χ3v) is 4.57. The molecule has 33 heavy (non-hydrogen) atoms. The van der Waals surface area contributed by atoms with E-state index in [0.717, 1.165) is 17.0 Å². The van der Waals surface area contributed by atoms with Crippen LogP contribution >= 0.6 is 0 Å². The van der Waals surface area contributed by atoms with Gasteiger partial charge in [-0.25, -0.2) is 9.78 Å². The smallest absolute Gasteiger partial charge is 0.407 e. The molecule has 1 N–H and O–H groups in total. The number of ether oxygens (including phenoxy) is 3. The number of nitrogens with zero attached hydrogens (tertiary/aromatic N) is 2. The van der Waals surface area contributed by atoms with Crippen LogP contribution in [0.4, 0.5) is 4.79 Å². The lowest BCUT2D eigenvalue weighted by Crippen LogP contribution is -2.34. The molecule has 1 amide bonds. The molecule has 0 unspecified atom stereocenters. The molecule has 0 radical (unpaired) electrons. The zero-order valence-corrected chi connectivity index (χ0v) is 19.5. The molecule has 0 spiro atoms. The second kappa shape index (κ2) is 10.2. The summed E-state index contributed by atoms with van der Waals surface area (Å²) < 4.78 is 18.0. The topological polar surface area (TPSA) is 91.7 Å². The number of alkyl carbamates (subject to hydrolysis) is 1. The Bertz CT molecular complexity index is 1100. The van der Waals surface area contributed by atoms with Crippen molar-refractivity contribution in [1.82, 2.24) is 14.9 Å². The number of ketones is 1. The molecule has 0 aliphatic carbocycles. The van der Waals surface area contributed by atoms with Crippen molar-refractivity contribution in [2.45, 2.75) is 33.3 Å². The van der Waals surface area contributed by atoms with Gasteiger partial charge in [-0.05, 0) is 69.3 Å². The van der Waals surface area contributed by atoms with Crippen LogP contribution < -0.4 is 14.8 Å². The molecule has 8 nitrogen and oxygen atoms in total. The van der Waals surface area contributed by atoms with Crippen molar-refractivity contribution in [1.29, 1.82) is 0 Å². The lowest BCUT2D eigenvalue weighted by molar-refractivity contribution is 0.0520. The van der Waals surface area contributed by atoms with Crippen molar-refractivity contribution < 1.29 is 23.8 Å². The number of methoxy groups -OCH3 is 1. The molecule has 0 fully saturated rings. The van der Waals surface area contributed by atoms with Crippen LogP contribution in [0.1, 0.15) is 38.2 Å². The van der Waals surface area contributed by atoms with Crippen LogP contribution in [-0.4, -0.2) is 47.3 Å². The Morgan fingerprint density at radius 1 is 1.00 bits per heavy atom. The Kier molecular flexibility index (Phi) is 7.37. The van der Waals surface area contributed by atoms with E-state index in [1.807, 2.05) is 73.9 Å². The van der Waals surface area contributed by atoms with Crippen LogP contribution in [0.25, 0.3) is 17.1 Å². The number of rotatable bonds is 8. The van der Waals surface area contributed by atoms with Gasteiger partial charge in [0.2, 0.25) is 0 Å². The van der Waals surface area contributed by atoms with Gasteiger partial charge in [0.05, 0.1) is 13.7 Å².